The Hall–Kier alpha value is -1.33. The first kappa shape index (κ1) is 12.7. The smallest absolute Gasteiger partial charge is 0.315 e. The van der Waals surface area contributed by atoms with Gasteiger partial charge >= 0.3 is 6.03 Å². The molecule has 0 aliphatic rings. The summed E-state index contributed by atoms with van der Waals surface area (Å²) >= 11 is 5.62. The van der Waals surface area contributed by atoms with Crippen molar-refractivity contribution in [3.05, 3.63) is 29.0 Å². The molecule has 6 heteroatoms. The second-order valence-corrected chi connectivity index (χ2v) is 3.79. The van der Waals surface area contributed by atoms with E-state index in [9.17, 15) is 4.79 Å². The first-order chi connectivity index (χ1) is 7.61. The largest absolute Gasteiger partial charge is 0.394 e. The highest BCUT2D eigenvalue weighted by molar-refractivity contribution is 6.29. The zero-order chi connectivity index (χ0) is 12.0. The fraction of sp³-hybridized carbons (Fsp3) is 0.400. The lowest BCUT2D eigenvalue weighted by Crippen LogP contribution is -2.41. The molecule has 0 fully saturated rings. The minimum Gasteiger partial charge on any atom is -0.394 e. The minimum atomic E-state index is -0.323. The van der Waals surface area contributed by atoms with Crippen molar-refractivity contribution in [2.75, 3.05) is 6.61 Å². The van der Waals surface area contributed by atoms with Crippen LogP contribution >= 0.6 is 11.6 Å². The summed E-state index contributed by atoms with van der Waals surface area (Å²) in [5, 5.41) is 14.4. The Morgan fingerprint density at radius 2 is 2.38 bits per heavy atom. The predicted molar refractivity (Wildman–Crippen MR) is 61.2 cm³/mol. The van der Waals surface area contributed by atoms with Crippen molar-refractivity contribution in [1.82, 2.24) is 15.6 Å². The van der Waals surface area contributed by atoms with Gasteiger partial charge in [0.25, 0.3) is 0 Å². The number of nitrogens with zero attached hydrogens (tertiary/aromatic N) is 1. The summed E-state index contributed by atoms with van der Waals surface area (Å²) in [7, 11) is 0. The second kappa shape index (κ2) is 6.30. The minimum absolute atomic E-state index is 0.0874. The average Bonchev–Trinajstić information content (AvgIpc) is 2.28. The molecule has 3 N–H and O–H groups in total. The molecular weight excluding hydrogens is 230 g/mol. The van der Waals surface area contributed by atoms with Crippen LogP contribution in [0.3, 0.4) is 0 Å². The third-order valence-corrected chi connectivity index (χ3v) is 2.12. The first-order valence-electron chi connectivity index (χ1n) is 4.87. The Morgan fingerprint density at radius 3 is 2.94 bits per heavy atom. The maximum absolute atomic E-state index is 11.3. The molecule has 88 valence electrons. The van der Waals surface area contributed by atoms with E-state index in [4.69, 9.17) is 16.7 Å². The van der Waals surface area contributed by atoms with Crippen LogP contribution in [0.25, 0.3) is 0 Å². The highest BCUT2D eigenvalue weighted by Gasteiger charge is 2.04. The molecular formula is C10H14ClN3O2. The number of carbonyl (C=O) groups is 1. The Bertz CT molecular complexity index is 342. The number of pyridine rings is 1. The highest BCUT2D eigenvalue weighted by Crippen LogP contribution is 2.04. The van der Waals surface area contributed by atoms with Gasteiger partial charge in [-0.3, -0.25) is 0 Å². The summed E-state index contributed by atoms with van der Waals surface area (Å²) in [6.45, 7) is 1.99. The molecule has 0 aromatic carbocycles. The molecule has 0 aliphatic carbocycles. The van der Waals surface area contributed by atoms with E-state index < -0.39 is 0 Å². The van der Waals surface area contributed by atoms with Crippen molar-refractivity contribution in [3.8, 4) is 0 Å². The van der Waals surface area contributed by atoms with Gasteiger partial charge in [0.1, 0.15) is 5.15 Å². The van der Waals surface area contributed by atoms with Gasteiger partial charge in [-0.25, -0.2) is 9.78 Å². The van der Waals surface area contributed by atoms with Crippen LogP contribution < -0.4 is 10.6 Å². The number of hydrogen-bond acceptors (Lipinski definition) is 3. The molecule has 1 rings (SSSR count). The molecule has 1 unspecified atom stereocenters. The lowest BCUT2D eigenvalue weighted by molar-refractivity contribution is 0.220. The number of aliphatic hydroxyl groups is 1. The van der Waals surface area contributed by atoms with Crippen LogP contribution in [0.4, 0.5) is 4.79 Å². The number of halogens is 1. The van der Waals surface area contributed by atoms with Crippen LogP contribution in [0.2, 0.25) is 5.15 Å². The maximum Gasteiger partial charge on any atom is 0.315 e. The topological polar surface area (TPSA) is 74.2 Å². The molecule has 0 bridgehead atoms. The standard InChI is InChI=1S/C10H14ClN3O2/c1-7(6-15)14-10(16)13-5-8-2-3-9(11)12-4-8/h2-4,7,15H,5-6H2,1H3,(H2,13,14,16). The molecule has 0 radical (unpaired) electrons. The molecule has 0 saturated heterocycles. The van der Waals surface area contributed by atoms with Crippen molar-refractivity contribution in [3.63, 3.8) is 0 Å². The third kappa shape index (κ3) is 4.46. The normalized spacial score (nSPS) is 11.9. The molecule has 5 nitrogen and oxygen atoms in total. The molecule has 0 aliphatic heterocycles. The van der Waals surface area contributed by atoms with E-state index in [1.165, 1.54) is 0 Å². The fourth-order valence-corrected chi connectivity index (χ4v) is 1.13. The molecule has 1 aromatic heterocycles. The number of rotatable bonds is 4. The third-order valence-electron chi connectivity index (χ3n) is 1.89. The molecule has 1 aromatic rings. The second-order valence-electron chi connectivity index (χ2n) is 3.40. The molecule has 16 heavy (non-hydrogen) atoms. The summed E-state index contributed by atoms with van der Waals surface area (Å²) in [6.07, 6.45) is 1.60. The summed E-state index contributed by atoms with van der Waals surface area (Å²) in [5.41, 5.74) is 0.858. The number of amides is 2. The van der Waals surface area contributed by atoms with Gasteiger partial charge in [-0.1, -0.05) is 17.7 Å². The van der Waals surface area contributed by atoms with Gasteiger partial charge < -0.3 is 15.7 Å². The van der Waals surface area contributed by atoms with Crippen molar-refractivity contribution >= 4 is 17.6 Å². The zero-order valence-electron chi connectivity index (χ0n) is 8.90. The molecule has 2 amide bonds. The average molecular weight is 244 g/mol. The molecule has 1 atom stereocenters. The lowest BCUT2D eigenvalue weighted by atomic mass is 10.3. The number of urea groups is 1. The number of aromatic nitrogens is 1. The fourth-order valence-electron chi connectivity index (χ4n) is 1.01. The monoisotopic (exact) mass is 243 g/mol. The molecule has 1 heterocycles. The van der Waals surface area contributed by atoms with Crippen LogP contribution in [0.15, 0.2) is 18.3 Å². The summed E-state index contributed by atoms with van der Waals surface area (Å²) < 4.78 is 0. The highest BCUT2D eigenvalue weighted by atomic mass is 35.5. The van der Waals surface area contributed by atoms with E-state index >= 15 is 0 Å². The van der Waals surface area contributed by atoms with E-state index in [1.54, 1.807) is 25.3 Å². The molecule has 0 saturated carbocycles. The number of nitrogens with one attached hydrogen (secondary N) is 2. The van der Waals surface area contributed by atoms with Gasteiger partial charge in [0.05, 0.1) is 12.6 Å². The van der Waals surface area contributed by atoms with Gasteiger partial charge in [-0.05, 0) is 18.6 Å². The number of carbonyl (C=O) groups excluding carboxylic acids is 1. The maximum atomic E-state index is 11.3. The van der Waals surface area contributed by atoms with Crippen LogP contribution in [-0.4, -0.2) is 28.8 Å². The van der Waals surface area contributed by atoms with Gasteiger partial charge in [0, 0.05) is 12.7 Å². The van der Waals surface area contributed by atoms with E-state index in [-0.39, 0.29) is 18.7 Å². The Kier molecular flexibility index (Phi) is 5.01. The van der Waals surface area contributed by atoms with Gasteiger partial charge in [0.2, 0.25) is 0 Å². The van der Waals surface area contributed by atoms with Crippen LogP contribution in [0.5, 0.6) is 0 Å². The van der Waals surface area contributed by atoms with Crippen molar-refractivity contribution in [2.24, 2.45) is 0 Å². The van der Waals surface area contributed by atoms with Crippen molar-refractivity contribution in [2.45, 2.75) is 19.5 Å². The Labute approximate surface area is 98.8 Å². The van der Waals surface area contributed by atoms with Gasteiger partial charge in [-0.15, -0.1) is 0 Å². The predicted octanol–water partition coefficient (Wildman–Crippen LogP) is 0.915. The van der Waals surface area contributed by atoms with E-state index in [0.29, 0.717) is 11.7 Å². The Balaban J connectivity index is 2.34. The van der Waals surface area contributed by atoms with Gasteiger partial charge in [0.15, 0.2) is 0 Å². The molecule has 0 spiro atoms. The quantitative estimate of drug-likeness (QED) is 0.689. The van der Waals surface area contributed by atoms with E-state index in [2.05, 4.69) is 15.6 Å². The first-order valence-corrected chi connectivity index (χ1v) is 5.25. The zero-order valence-corrected chi connectivity index (χ0v) is 9.66. The lowest BCUT2D eigenvalue weighted by Gasteiger charge is -2.11. The van der Waals surface area contributed by atoms with Gasteiger partial charge in [-0.2, -0.15) is 0 Å². The van der Waals surface area contributed by atoms with Crippen molar-refractivity contribution < 1.29 is 9.90 Å². The van der Waals surface area contributed by atoms with E-state index in [1.807, 2.05) is 0 Å². The summed E-state index contributed by atoms with van der Waals surface area (Å²) in [6, 6.07) is 2.86. The van der Waals surface area contributed by atoms with Crippen LogP contribution in [0.1, 0.15) is 12.5 Å². The van der Waals surface area contributed by atoms with Crippen LogP contribution in [-0.2, 0) is 6.54 Å². The van der Waals surface area contributed by atoms with Crippen LogP contribution in [0, 0.1) is 0 Å². The number of aliphatic hydroxyl groups excluding tert-OH is 1. The summed E-state index contributed by atoms with van der Waals surface area (Å²) in [5.74, 6) is 0. The number of hydrogen-bond donors (Lipinski definition) is 3. The SMILES string of the molecule is CC(CO)NC(=O)NCc1ccc(Cl)nc1. The van der Waals surface area contributed by atoms with E-state index in [0.717, 1.165) is 5.56 Å². The summed E-state index contributed by atoms with van der Waals surface area (Å²) in [4.78, 5) is 15.2. The Morgan fingerprint density at radius 1 is 1.62 bits per heavy atom. The van der Waals surface area contributed by atoms with Crippen molar-refractivity contribution in [1.29, 1.82) is 0 Å².